The van der Waals surface area contributed by atoms with E-state index in [2.05, 4.69) is 10.6 Å². The maximum atomic E-state index is 13.3. The number of carbonyl (C=O) groups is 1. The summed E-state index contributed by atoms with van der Waals surface area (Å²) in [6.45, 7) is 4.12. The van der Waals surface area contributed by atoms with E-state index >= 15 is 0 Å². The molecule has 3 nitrogen and oxygen atoms in total. The fraction of sp³-hybridized carbons (Fsp3) is 0.417. The van der Waals surface area contributed by atoms with Gasteiger partial charge in [-0.2, -0.15) is 0 Å². The summed E-state index contributed by atoms with van der Waals surface area (Å²) in [4.78, 5) is 11.3. The first-order valence-corrected chi connectivity index (χ1v) is 5.85. The van der Waals surface area contributed by atoms with Gasteiger partial charge in [-0.25, -0.2) is 4.39 Å². The highest BCUT2D eigenvalue weighted by molar-refractivity contribution is 6.33. The number of hydrogen-bond donors (Lipinski definition) is 2. The molecule has 0 saturated carbocycles. The van der Waals surface area contributed by atoms with Crippen LogP contribution in [0.15, 0.2) is 18.2 Å². The number of rotatable bonds is 5. The second-order valence-corrected chi connectivity index (χ2v) is 4.40. The van der Waals surface area contributed by atoms with Crippen LogP contribution in [0.25, 0.3) is 0 Å². The van der Waals surface area contributed by atoms with Crippen molar-refractivity contribution in [1.82, 2.24) is 5.32 Å². The van der Waals surface area contributed by atoms with Gasteiger partial charge in [0.15, 0.2) is 0 Å². The number of benzene rings is 1. The van der Waals surface area contributed by atoms with Crippen molar-refractivity contribution in [3.63, 3.8) is 0 Å². The van der Waals surface area contributed by atoms with Crippen LogP contribution >= 0.6 is 11.6 Å². The van der Waals surface area contributed by atoms with Gasteiger partial charge in [-0.15, -0.1) is 0 Å². The van der Waals surface area contributed by atoms with E-state index in [9.17, 15) is 9.18 Å². The maximum Gasteiger partial charge on any atom is 0.221 e. The van der Waals surface area contributed by atoms with Gasteiger partial charge in [-0.05, 0) is 26.0 Å². The molecular weight excluding hydrogens is 243 g/mol. The quantitative estimate of drug-likeness (QED) is 0.853. The standard InChI is InChI=1S/C12H16ClFN2O/c1-8(2)16-11(17)6-7-15-12-9(13)4-3-5-10(12)14/h3-5,8,15H,6-7H2,1-2H3,(H,16,17). The van der Waals surface area contributed by atoms with Gasteiger partial charge in [0, 0.05) is 19.0 Å². The Kier molecular flexibility index (Phi) is 5.22. The SMILES string of the molecule is CC(C)NC(=O)CCNc1c(F)cccc1Cl. The Labute approximate surface area is 105 Å². The van der Waals surface area contributed by atoms with E-state index in [1.165, 1.54) is 12.1 Å². The van der Waals surface area contributed by atoms with Crippen LogP contribution in [-0.2, 0) is 4.79 Å². The molecule has 0 aliphatic heterocycles. The van der Waals surface area contributed by atoms with Crippen molar-refractivity contribution < 1.29 is 9.18 Å². The van der Waals surface area contributed by atoms with Crippen LogP contribution in [0, 0.1) is 5.82 Å². The van der Waals surface area contributed by atoms with Crippen molar-refractivity contribution in [2.75, 3.05) is 11.9 Å². The molecule has 0 spiro atoms. The lowest BCUT2D eigenvalue weighted by Crippen LogP contribution is -2.31. The van der Waals surface area contributed by atoms with E-state index in [0.717, 1.165) is 0 Å². The van der Waals surface area contributed by atoms with Crippen LogP contribution in [0.5, 0.6) is 0 Å². The first kappa shape index (κ1) is 13.8. The third-order valence-electron chi connectivity index (χ3n) is 2.07. The number of carbonyl (C=O) groups excluding carboxylic acids is 1. The van der Waals surface area contributed by atoms with E-state index in [-0.39, 0.29) is 24.1 Å². The molecule has 1 rings (SSSR count). The molecule has 1 aromatic carbocycles. The molecule has 0 unspecified atom stereocenters. The minimum atomic E-state index is -0.415. The molecule has 0 aliphatic rings. The number of anilines is 1. The Balaban J connectivity index is 2.43. The first-order valence-electron chi connectivity index (χ1n) is 5.48. The topological polar surface area (TPSA) is 41.1 Å². The molecule has 2 N–H and O–H groups in total. The van der Waals surface area contributed by atoms with Crippen LogP contribution in [0.1, 0.15) is 20.3 Å². The first-order chi connectivity index (χ1) is 8.00. The van der Waals surface area contributed by atoms with Gasteiger partial charge in [0.25, 0.3) is 0 Å². The molecule has 0 aliphatic carbocycles. The van der Waals surface area contributed by atoms with Gasteiger partial charge in [0.2, 0.25) is 5.91 Å². The fourth-order valence-electron chi connectivity index (χ4n) is 1.36. The number of nitrogens with one attached hydrogen (secondary N) is 2. The minimum Gasteiger partial charge on any atom is -0.381 e. The molecule has 0 heterocycles. The van der Waals surface area contributed by atoms with E-state index < -0.39 is 5.82 Å². The normalized spacial score (nSPS) is 10.4. The molecule has 0 saturated heterocycles. The van der Waals surface area contributed by atoms with Gasteiger partial charge < -0.3 is 10.6 Å². The summed E-state index contributed by atoms with van der Waals surface area (Å²) in [7, 11) is 0. The van der Waals surface area contributed by atoms with E-state index in [1.807, 2.05) is 13.8 Å². The third-order valence-corrected chi connectivity index (χ3v) is 2.38. The average Bonchev–Trinajstić information content (AvgIpc) is 2.21. The summed E-state index contributed by atoms with van der Waals surface area (Å²) in [6, 6.07) is 4.57. The molecular formula is C12H16ClFN2O. The number of para-hydroxylation sites is 1. The van der Waals surface area contributed by atoms with Crippen LogP contribution in [-0.4, -0.2) is 18.5 Å². The second kappa shape index (κ2) is 6.45. The number of halogens is 2. The molecule has 0 bridgehead atoms. The molecule has 0 radical (unpaired) electrons. The predicted molar refractivity (Wildman–Crippen MR) is 67.8 cm³/mol. The summed E-state index contributed by atoms with van der Waals surface area (Å²) < 4.78 is 13.3. The van der Waals surface area contributed by atoms with Gasteiger partial charge in [0.1, 0.15) is 5.82 Å². The van der Waals surface area contributed by atoms with Crippen molar-refractivity contribution in [3.8, 4) is 0 Å². The Hall–Kier alpha value is -1.29. The number of hydrogen-bond acceptors (Lipinski definition) is 2. The van der Waals surface area contributed by atoms with Crippen molar-refractivity contribution in [1.29, 1.82) is 0 Å². The third kappa shape index (κ3) is 4.61. The van der Waals surface area contributed by atoms with E-state index in [0.29, 0.717) is 11.6 Å². The molecule has 0 atom stereocenters. The van der Waals surface area contributed by atoms with Crippen LogP contribution in [0.4, 0.5) is 10.1 Å². The smallest absolute Gasteiger partial charge is 0.221 e. The Morgan fingerprint density at radius 2 is 2.18 bits per heavy atom. The summed E-state index contributed by atoms with van der Waals surface area (Å²) in [5, 5.41) is 5.88. The average molecular weight is 259 g/mol. The lowest BCUT2D eigenvalue weighted by atomic mass is 10.3. The lowest BCUT2D eigenvalue weighted by molar-refractivity contribution is -0.121. The zero-order valence-corrected chi connectivity index (χ0v) is 10.6. The van der Waals surface area contributed by atoms with Crippen LogP contribution in [0.3, 0.4) is 0 Å². The summed E-state index contributed by atoms with van der Waals surface area (Å²) in [5.41, 5.74) is 0.242. The molecule has 5 heteroatoms. The monoisotopic (exact) mass is 258 g/mol. The van der Waals surface area contributed by atoms with Crippen molar-refractivity contribution in [2.24, 2.45) is 0 Å². The van der Waals surface area contributed by atoms with Crippen LogP contribution < -0.4 is 10.6 Å². The second-order valence-electron chi connectivity index (χ2n) is 4.00. The van der Waals surface area contributed by atoms with E-state index in [4.69, 9.17) is 11.6 Å². The minimum absolute atomic E-state index is 0.0695. The van der Waals surface area contributed by atoms with Gasteiger partial charge in [0.05, 0.1) is 10.7 Å². The Bertz CT molecular complexity index is 376. The molecule has 1 amide bonds. The Morgan fingerprint density at radius 3 is 2.76 bits per heavy atom. The summed E-state index contributed by atoms with van der Waals surface area (Å²) in [6.07, 6.45) is 0.281. The highest BCUT2D eigenvalue weighted by Gasteiger charge is 2.07. The van der Waals surface area contributed by atoms with E-state index in [1.54, 1.807) is 6.07 Å². The van der Waals surface area contributed by atoms with Crippen LogP contribution in [0.2, 0.25) is 5.02 Å². The highest BCUT2D eigenvalue weighted by atomic mass is 35.5. The summed E-state index contributed by atoms with van der Waals surface area (Å²) in [5.74, 6) is -0.485. The predicted octanol–water partition coefficient (Wildman–Crippen LogP) is 2.81. The van der Waals surface area contributed by atoms with Crippen molar-refractivity contribution in [2.45, 2.75) is 26.3 Å². The lowest BCUT2D eigenvalue weighted by Gasteiger charge is -2.11. The maximum absolute atomic E-state index is 13.3. The highest BCUT2D eigenvalue weighted by Crippen LogP contribution is 2.24. The zero-order chi connectivity index (χ0) is 12.8. The molecule has 94 valence electrons. The van der Waals surface area contributed by atoms with Crippen molar-refractivity contribution in [3.05, 3.63) is 29.0 Å². The van der Waals surface area contributed by atoms with Gasteiger partial charge >= 0.3 is 0 Å². The molecule has 1 aromatic rings. The van der Waals surface area contributed by atoms with Crippen molar-refractivity contribution >= 4 is 23.2 Å². The molecule has 0 fully saturated rings. The Morgan fingerprint density at radius 1 is 1.47 bits per heavy atom. The van der Waals surface area contributed by atoms with Gasteiger partial charge in [-0.1, -0.05) is 17.7 Å². The largest absolute Gasteiger partial charge is 0.381 e. The zero-order valence-electron chi connectivity index (χ0n) is 9.89. The molecule has 0 aromatic heterocycles. The number of amides is 1. The fourth-order valence-corrected chi connectivity index (χ4v) is 1.59. The summed E-state index contributed by atoms with van der Waals surface area (Å²) >= 11 is 5.83. The van der Waals surface area contributed by atoms with Gasteiger partial charge in [-0.3, -0.25) is 4.79 Å². The molecule has 17 heavy (non-hydrogen) atoms.